The molecule has 0 amide bonds. The van der Waals surface area contributed by atoms with Gasteiger partial charge >= 0.3 is 0 Å². The highest BCUT2D eigenvalue weighted by Crippen LogP contribution is 2.57. The second kappa shape index (κ2) is 18.4. The maximum Gasteiger partial charge on any atom is 0.0713 e. The fraction of sp³-hybridized carbons (Fsp3) is 0.0959. The number of rotatable bonds is 9. The minimum absolute atomic E-state index is 0.520. The molecule has 1 nitrogen and oxygen atoms in total. The molecule has 12 aromatic carbocycles. The lowest BCUT2D eigenvalue weighted by atomic mass is 9.67. The summed E-state index contributed by atoms with van der Waals surface area (Å²) >= 11 is 0. The normalized spacial score (nSPS) is 14.0. The third kappa shape index (κ3) is 7.13. The van der Waals surface area contributed by atoms with Gasteiger partial charge in [-0.15, -0.1) is 0 Å². The van der Waals surface area contributed by atoms with Gasteiger partial charge in [0.1, 0.15) is 0 Å². The standard InChI is InChI=1S/C73H55N/c1-4-22-50(23-5-1)61-38-19-25-52-26-20-40-67(72(52)61)66-36-14-17-43-71(66)74(57-32-18-27-53(48-57)59-37-21-39-62-58-33-11-10-24-51(58)44-46-63(59)62)70-42-16-13-34-60(70)54-45-47-65-64-35-12-15-41-68(64)73(69(65)49-54,55-28-6-2-7-29-55)56-30-8-3-9-31-56/h2-3,6-21,24-50H,1,4-5,22-23H2. The van der Waals surface area contributed by atoms with Crippen LogP contribution in [0.25, 0.3) is 76.8 Å². The Morgan fingerprint density at radius 3 is 1.69 bits per heavy atom. The smallest absolute Gasteiger partial charge is 0.0713 e. The molecule has 0 aromatic heterocycles. The molecule has 0 bridgehead atoms. The lowest BCUT2D eigenvalue weighted by Gasteiger charge is -2.34. The minimum atomic E-state index is -0.520. The quantitative estimate of drug-likeness (QED) is 0.130. The van der Waals surface area contributed by atoms with E-state index in [0.29, 0.717) is 5.92 Å². The van der Waals surface area contributed by atoms with Gasteiger partial charge in [0.05, 0.1) is 16.8 Å². The zero-order chi connectivity index (χ0) is 49.0. The summed E-state index contributed by atoms with van der Waals surface area (Å²) in [5.74, 6) is 0.553. The number of para-hydroxylation sites is 2. The number of benzene rings is 12. The van der Waals surface area contributed by atoms with Crippen LogP contribution in [0.3, 0.4) is 0 Å². The van der Waals surface area contributed by atoms with Crippen LogP contribution in [0.4, 0.5) is 17.1 Å². The van der Waals surface area contributed by atoms with Gasteiger partial charge in [-0.05, 0) is 143 Å². The first-order valence-corrected chi connectivity index (χ1v) is 26.6. The molecule has 0 aliphatic heterocycles. The first-order chi connectivity index (χ1) is 36.7. The van der Waals surface area contributed by atoms with Crippen molar-refractivity contribution in [3.05, 3.63) is 295 Å². The van der Waals surface area contributed by atoms with Gasteiger partial charge in [0, 0.05) is 16.8 Å². The Hall–Kier alpha value is -8.78. The van der Waals surface area contributed by atoms with E-state index in [2.05, 4.69) is 272 Å². The molecule has 2 aliphatic carbocycles. The molecule has 0 spiro atoms. The van der Waals surface area contributed by atoms with Crippen LogP contribution < -0.4 is 4.90 Å². The van der Waals surface area contributed by atoms with Crippen molar-refractivity contribution >= 4 is 49.4 Å². The van der Waals surface area contributed by atoms with Crippen molar-refractivity contribution in [3.63, 3.8) is 0 Å². The van der Waals surface area contributed by atoms with E-state index in [4.69, 9.17) is 0 Å². The van der Waals surface area contributed by atoms with E-state index in [0.717, 1.165) is 17.1 Å². The predicted octanol–water partition coefficient (Wildman–Crippen LogP) is 20.0. The third-order valence-corrected chi connectivity index (χ3v) is 16.5. The molecule has 352 valence electrons. The van der Waals surface area contributed by atoms with Crippen LogP contribution in [0.2, 0.25) is 0 Å². The molecule has 0 heterocycles. The van der Waals surface area contributed by atoms with Gasteiger partial charge < -0.3 is 4.90 Å². The van der Waals surface area contributed by atoms with E-state index in [1.165, 1.54) is 137 Å². The number of hydrogen-bond donors (Lipinski definition) is 0. The summed E-state index contributed by atoms with van der Waals surface area (Å²) in [5.41, 5.74) is 19.3. The summed E-state index contributed by atoms with van der Waals surface area (Å²) in [6.07, 6.45) is 6.40. The van der Waals surface area contributed by atoms with E-state index in [-0.39, 0.29) is 0 Å². The van der Waals surface area contributed by atoms with E-state index >= 15 is 0 Å². The Balaban J connectivity index is 1.01. The highest BCUT2D eigenvalue weighted by Gasteiger charge is 2.46. The Kier molecular flexibility index (Phi) is 10.9. The zero-order valence-electron chi connectivity index (χ0n) is 41.5. The predicted molar refractivity (Wildman–Crippen MR) is 313 cm³/mol. The summed E-state index contributed by atoms with van der Waals surface area (Å²) in [7, 11) is 0. The van der Waals surface area contributed by atoms with Gasteiger partial charge in [-0.2, -0.15) is 0 Å². The van der Waals surface area contributed by atoms with Crippen molar-refractivity contribution in [2.45, 2.75) is 43.4 Å². The van der Waals surface area contributed by atoms with Gasteiger partial charge in [0.15, 0.2) is 0 Å². The molecule has 1 heteroatoms. The Morgan fingerprint density at radius 1 is 0.324 bits per heavy atom. The fourth-order valence-electron chi connectivity index (χ4n) is 13.3. The van der Waals surface area contributed by atoms with Crippen molar-refractivity contribution in [2.24, 2.45) is 0 Å². The van der Waals surface area contributed by atoms with Crippen LogP contribution in [-0.4, -0.2) is 0 Å². The van der Waals surface area contributed by atoms with E-state index in [1.54, 1.807) is 0 Å². The lowest BCUT2D eigenvalue weighted by Crippen LogP contribution is -2.28. The van der Waals surface area contributed by atoms with E-state index < -0.39 is 5.41 Å². The molecule has 0 saturated heterocycles. The molecule has 0 unspecified atom stereocenters. The van der Waals surface area contributed by atoms with Crippen LogP contribution in [0, 0.1) is 0 Å². The Bertz CT molecular complexity index is 4020. The maximum absolute atomic E-state index is 2.56. The van der Waals surface area contributed by atoms with Gasteiger partial charge in [0.25, 0.3) is 0 Å². The molecule has 12 aromatic rings. The summed E-state index contributed by atoms with van der Waals surface area (Å²) in [6, 6.07) is 100. The molecule has 14 rings (SSSR count). The van der Waals surface area contributed by atoms with E-state index in [9.17, 15) is 0 Å². The van der Waals surface area contributed by atoms with Crippen molar-refractivity contribution in [3.8, 4) is 44.5 Å². The average molecular weight is 946 g/mol. The van der Waals surface area contributed by atoms with Gasteiger partial charge in [-0.3, -0.25) is 0 Å². The number of fused-ring (bicyclic) bond motifs is 7. The summed E-state index contributed by atoms with van der Waals surface area (Å²) in [4.78, 5) is 2.56. The lowest BCUT2D eigenvalue weighted by molar-refractivity contribution is 0.445. The van der Waals surface area contributed by atoms with Crippen molar-refractivity contribution in [1.82, 2.24) is 0 Å². The first-order valence-electron chi connectivity index (χ1n) is 26.6. The summed E-state index contributed by atoms with van der Waals surface area (Å²) in [6.45, 7) is 0. The van der Waals surface area contributed by atoms with Crippen molar-refractivity contribution in [1.29, 1.82) is 0 Å². The Morgan fingerprint density at radius 2 is 0.892 bits per heavy atom. The SMILES string of the molecule is c1ccc(C2(c3ccccc3)c3ccccc3-c3ccc(-c4ccccc4N(c4cccc(-c5cccc6c5ccc5ccccc56)c4)c4ccccc4-c4cccc5cccc(C6CCCCC6)c45)cc32)cc1. The molecule has 0 N–H and O–H groups in total. The van der Waals surface area contributed by atoms with Crippen molar-refractivity contribution < 1.29 is 0 Å². The highest BCUT2D eigenvalue weighted by molar-refractivity contribution is 6.12. The highest BCUT2D eigenvalue weighted by atomic mass is 15.1. The topological polar surface area (TPSA) is 3.24 Å². The second-order valence-electron chi connectivity index (χ2n) is 20.5. The van der Waals surface area contributed by atoms with Crippen LogP contribution in [0.15, 0.2) is 267 Å². The maximum atomic E-state index is 2.56. The summed E-state index contributed by atoms with van der Waals surface area (Å²) in [5, 5.41) is 7.74. The molecular weight excluding hydrogens is 891 g/mol. The summed E-state index contributed by atoms with van der Waals surface area (Å²) < 4.78 is 0. The first kappa shape index (κ1) is 44.0. The van der Waals surface area contributed by atoms with Crippen LogP contribution in [-0.2, 0) is 5.41 Å². The molecular formula is C73H55N. The average Bonchev–Trinajstić information content (AvgIpc) is 3.78. The monoisotopic (exact) mass is 945 g/mol. The molecule has 0 radical (unpaired) electrons. The fourth-order valence-corrected chi connectivity index (χ4v) is 13.3. The van der Waals surface area contributed by atoms with Crippen LogP contribution in [0.1, 0.15) is 65.8 Å². The van der Waals surface area contributed by atoms with Gasteiger partial charge in [0.2, 0.25) is 0 Å². The van der Waals surface area contributed by atoms with Gasteiger partial charge in [-0.1, -0.05) is 256 Å². The zero-order valence-corrected chi connectivity index (χ0v) is 41.5. The third-order valence-electron chi connectivity index (χ3n) is 16.5. The second-order valence-corrected chi connectivity index (χ2v) is 20.5. The van der Waals surface area contributed by atoms with E-state index in [1.807, 2.05) is 0 Å². The molecule has 1 fully saturated rings. The van der Waals surface area contributed by atoms with Crippen LogP contribution >= 0.6 is 0 Å². The number of nitrogens with zero attached hydrogens (tertiary/aromatic N) is 1. The molecule has 2 aliphatic rings. The molecule has 1 saturated carbocycles. The number of hydrogen-bond acceptors (Lipinski definition) is 1. The van der Waals surface area contributed by atoms with Gasteiger partial charge in [-0.25, -0.2) is 0 Å². The minimum Gasteiger partial charge on any atom is -0.309 e. The Labute approximate surface area is 434 Å². The van der Waals surface area contributed by atoms with Crippen molar-refractivity contribution in [2.75, 3.05) is 4.90 Å². The molecule has 0 atom stereocenters. The largest absolute Gasteiger partial charge is 0.309 e. The van der Waals surface area contributed by atoms with Crippen LogP contribution in [0.5, 0.6) is 0 Å². The number of anilines is 3. The molecule has 74 heavy (non-hydrogen) atoms.